The van der Waals surface area contributed by atoms with Crippen LogP contribution in [0.5, 0.6) is 0 Å². The second-order valence-corrected chi connectivity index (χ2v) is 5.05. The first-order valence-corrected chi connectivity index (χ1v) is 6.63. The van der Waals surface area contributed by atoms with Gasteiger partial charge in [-0.2, -0.15) is 0 Å². The Balaban J connectivity index is 2.24. The summed E-state index contributed by atoms with van der Waals surface area (Å²) in [7, 11) is 0. The first kappa shape index (κ1) is 14.3. The van der Waals surface area contributed by atoms with Crippen molar-refractivity contribution < 1.29 is 4.92 Å². The summed E-state index contributed by atoms with van der Waals surface area (Å²) in [5, 5.41) is 14.8. The van der Waals surface area contributed by atoms with E-state index >= 15 is 0 Å². The standard InChI is InChI=1S/C15H15ClN2O2/c1-10-7-8-12(9-15(10)18(19)20)17-11(2)13-5-3-4-6-14(13)16/h3-9,11,17H,1-2H3. The van der Waals surface area contributed by atoms with Crippen LogP contribution in [0, 0.1) is 17.0 Å². The minimum absolute atomic E-state index is 0.0361. The molecule has 0 radical (unpaired) electrons. The summed E-state index contributed by atoms with van der Waals surface area (Å²) in [6.45, 7) is 3.69. The second-order valence-electron chi connectivity index (χ2n) is 4.65. The van der Waals surface area contributed by atoms with Gasteiger partial charge in [0.05, 0.1) is 4.92 Å². The normalized spacial score (nSPS) is 11.9. The molecule has 2 aromatic rings. The summed E-state index contributed by atoms with van der Waals surface area (Å²) in [4.78, 5) is 10.6. The molecule has 0 aliphatic carbocycles. The third-order valence-corrected chi connectivity index (χ3v) is 3.50. The maximum Gasteiger partial charge on any atom is 0.274 e. The van der Waals surface area contributed by atoms with Gasteiger partial charge in [-0.25, -0.2) is 0 Å². The van der Waals surface area contributed by atoms with Crippen LogP contribution in [-0.4, -0.2) is 4.92 Å². The van der Waals surface area contributed by atoms with E-state index in [1.165, 1.54) is 0 Å². The van der Waals surface area contributed by atoms with Crippen molar-refractivity contribution in [2.75, 3.05) is 5.32 Å². The zero-order chi connectivity index (χ0) is 14.7. The van der Waals surface area contributed by atoms with Gasteiger partial charge < -0.3 is 5.32 Å². The predicted octanol–water partition coefficient (Wildman–Crippen LogP) is 4.73. The van der Waals surface area contributed by atoms with Crippen LogP contribution < -0.4 is 5.32 Å². The van der Waals surface area contributed by atoms with Gasteiger partial charge in [0, 0.05) is 28.4 Å². The quantitative estimate of drug-likeness (QED) is 0.654. The smallest absolute Gasteiger partial charge is 0.274 e. The summed E-state index contributed by atoms with van der Waals surface area (Å²) in [5.74, 6) is 0. The Labute approximate surface area is 122 Å². The number of benzene rings is 2. The van der Waals surface area contributed by atoms with Crippen LogP contribution in [0.1, 0.15) is 24.1 Å². The first-order chi connectivity index (χ1) is 9.49. The highest BCUT2D eigenvalue weighted by Crippen LogP contribution is 2.28. The number of hydrogen-bond acceptors (Lipinski definition) is 3. The van der Waals surface area contributed by atoms with Crippen molar-refractivity contribution in [1.29, 1.82) is 0 Å². The van der Waals surface area contributed by atoms with Crippen molar-refractivity contribution in [2.45, 2.75) is 19.9 Å². The number of aryl methyl sites for hydroxylation is 1. The van der Waals surface area contributed by atoms with Gasteiger partial charge in [-0.15, -0.1) is 0 Å². The third kappa shape index (κ3) is 3.08. The van der Waals surface area contributed by atoms with Crippen LogP contribution in [0.3, 0.4) is 0 Å². The molecule has 0 amide bonds. The molecule has 0 spiro atoms. The van der Waals surface area contributed by atoms with Gasteiger partial charge in [0.15, 0.2) is 0 Å². The van der Waals surface area contributed by atoms with E-state index in [1.54, 1.807) is 19.1 Å². The largest absolute Gasteiger partial charge is 0.378 e. The van der Waals surface area contributed by atoms with Crippen molar-refractivity contribution >= 4 is 23.0 Å². The second kappa shape index (κ2) is 5.92. The molecule has 104 valence electrons. The Hall–Kier alpha value is -2.07. The van der Waals surface area contributed by atoms with Crippen LogP contribution in [0.15, 0.2) is 42.5 Å². The molecule has 0 bridgehead atoms. The van der Waals surface area contributed by atoms with E-state index in [0.717, 1.165) is 5.56 Å². The Morgan fingerprint density at radius 3 is 2.60 bits per heavy atom. The van der Waals surface area contributed by atoms with E-state index in [2.05, 4.69) is 5.32 Å². The molecule has 1 atom stereocenters. The molecule has 0 saturated carbocycles. The molecule has 2 rings (SSSR count). The number of nitrogens with one attached hydrogen (secondary N) is 1. The summed E-state index contributed by atoms with van der Waals surface area (Å²) in [5.41, 5.74) is 2.42. The number of nitrogens with zero attached hydrogens (tertiary/aromatic N) is 1. The highest BCUT2D eigenvalue weighted by atomic mass is 35.5. The van der Waals surface area contributed by atoms with E-state index in [1.807, 2.05) is 37.3 Å². The summed E-state index contributed by atoms with van der Waals surface area (Å²) in [6, 6.07) is 12.6. The lowest BCUT2D eigenvalue weighted by atomic mass is 10.1. The highest BCUT2D eigenvalue weighted by Gasteiger charge is 2.13. The average Bonchev–Trinajstić information content (AvgIpc) is 2.41. The van der Waals surface area contributed by atoms with Crippen molar-refractivity contribution in [1.82, 2.24) is 0 Å². The predicted molar refractivity (Wildman–Crippen MR) is 81.3 cm³/mol. The monoisotopic (exact) mass is 290 g/mol. The molecular formula is C15H15ClN2O2. The van der Waals surface area contributed by atoms with Gasteiger partial charge in [-0.3, -0.25) is 10.1 Å². The van der Waals surface area contributed by atoms with Crippen LogP contribution in [0.25, 0.3) is 0 Å². The Kier molecular flexibility index (Phi) is 4.25. The first-order valence-electron chi connectivity index (χ1n) is 6.25. The molecule has 0 aliphatic heterocycles. The maximum atomic E-state index is 10.9. The van der Waals surface area contributed by atoms with Gasteiger partial charge in [-0.1, -0.05) is 35.9 Å². The molecular weight excluding hydrogens is 276 g/mol. The number of hydrogen-bond donors (Lipinski definition) is 1. The fourth-order valence-corrected chi connectivity index (χ4v) is 2.35. The molecule has 5 heteroatoms. The van der Waals surface area contributed by atoms with Crippen molar-refractivity contribution in [3.05, 3.63) is 68.7 Å². The molecule has 0 heterocycles. The molecule has 0 fully saturated rings. The van der Waals surface area contributed by atoms with Crippen molar-refractivity contribution in [3.8, 4) is 0 Å². The zero-order valence-corrected chi connectivity index (χ0v) is 12.0. The molecule has 1 unspecified atom stereocenters. The highest BCUT2D eigenvalue weighted by molar-refractivity contribution is 6.31. The fraction of sp³-hybridized carbons (Fsp3) is 0.200. The van der Waals surface area contributed by atoms with E-state index in [9.17, 15) is 10.1 Å². The molecule has 0 saturated heterocycles. The maximum absolute atomic E-state index is 10.9. The van der Waals surface area contributed by atoms with Crippen LogP contribution in [-0.2, 0) is 0 Å². The number of rotatable bonds is 4. The minimum Gasteiger partial charge on any atom is -0.378 e. The Morgan fingerprint density at radius 1 is 1.25 bits per heavy atom. The molecule has 4 nitrogen and oxygen atoms in total. The Bertz CT molecular complexity index is 644. The summed E-state index contributed by atoms with van der Waals surface area (Å²) in [6.07, 6.45) is 0. The number of anilines is 1. The molecule has 2 aromatic carbocycles. The van der Waals surface area contributed by atoms with Crippen LogP contribution in [0.2, 0.25) is 5.02 Å². The summed E-state index contributed by atoms with van der Waals surface area (Å²) >= 11 is 6.14. The SMILES string of the molecule is Cc1ccc(NC(C)c2ccccc2Cl)cc1[N+](=O)[O-]. The molecule has 0 aromatic heterocycles. The lowest BCUT2D eigenvalue weighted by Crippen LogP contribution is -2.07. The topological polar surface area (TPSA) is 55.2 Å². The number of nitro groups is 1. The molecule has 0 aliphatic rings. The van der Waals surface area contributed by atoms with E-state index in [-0.39, 0.29) is 16.7 Å². The van der Waals surface area contributed by atoms with Gasteiger partial charge in [0.1, 0.15) is 0 Å². The van der Waals surface area contributed by atoms with Gasteiger partial charge in [-0.05, 0) is 31.5 Å². The van der Waals surface area contributed by atoms with Gasteiger partial charge >= 0.3 is 0 Å². The van der Waals surface area contributed by atoms with E-state index < -0.39 is 0 Å². The summed E-state index contributed by atoms with van der Waals surface area (Å²) < 4.78 is 0. The van der Waals surface area contributed by atoms with Crippen molar-refractivity contribution in [2.24, 2.45) is 0 Å². The van der Waals surface area contributed by atoms with Gasteiger partial charge in [0.2, 0.25) is 0 Å². The lowest BCUT2D eigenvalue weighted by Gasteiger charge is -2.17. The zero-order valence-electron chi connectivity index (χ0n) is 11.3. The average molecular weight is 291 g/mol. The van der Waals surface area contributed by atoms with Gasteiger partial charge in [0.25, 0.3) is 5.69 Å². The minimum atomic E-state index is -0.374. The van der Waals surface area contributed by atoms with E-state index in [4.69, 9.17) is 11.6 Å². The third-order valence-electron chi connectivity index (χ3n) is 3.16. The molecule has 20 heavy (non-hydrogen) atoms. The fourth-order valence-electron chi connectivity index (χ4n) is 2.05. The van der Waals surface area contributed by atoms with Crippen molar-refractivity contribution in [3.63, 3.8) is 0 Å². The van der Waals surface area contributed by atoms with E-state index in [0.29, 0.717) is 16.3 Å². The molecule has 1 N–H and O–H groups in total. The Morgan fingerprint density at radius 2 is 1.95 bits per heavy atom. The number of nitro benzene ring substituents is 1. The lowest BCUT2D eigenvalue weighted by molar-refractivity contribution is -0.385. The van der Waals surface area contributed by atoms with Crippen LogP contribution in [0.4, 0.5) is 11.4 Å². The number of halogens is 1. The van der Waals surface area contributed by atoms with Crippen LogP contribution >= 0.6 is 11.6 Å².